The summed E-state index contributed by atoms with van der Waals surface area (Å²) in [5.74, 6) is 0.321. The zero-order valence-electron chi connectivity index (χ0n) is 16.6. The summed E-state index contributed by atoms with van der Waals surface area (Å²) in [6, 6.07) is 7.41. The van der Waals surface area contributed by atoms with Gasteiger partial charge in [0.25, 0.3) is 5.91 Å². The number of hydrogen-bond donors (Lipinski definition) is 1. The van der Waals surface area contributed by atoms with Crippen molar-refractivity contribution in [2.75, 3.05) is 30.0 Å². The van der Waals surface area contributed by atoms with E-state index in [0.29, 0.717) is 40.8 Å². The molecule has 29 heavy (non-hydrogen) atoms. The smallest absolute Gasteiger partial charge is 0.257 e. The molecule has 4 rings (SSSR count). The van der Waals surface area contributed by atoms with Crippen molar-refractivity contribution in [1.82, 2.24) is 9.88 Å². The molecule has 2 heterocycles. The predicted octanol–water partition coefficient (Wildman–Crippen LogP) is 3.73. The number of nitrogens with one attached hydrogen (secondary N) is 1. The molecule has 1 aliphatic heterocycles. The minimum atomic E-state index is -3.46. The molecule has 2 aromatic rings. The Labute approximate surface area is 175 Å². The molecular weight excluding hydrogens is 412 g/mol. The van der Waals surface area contributed by atoms with Crippen molar-refractivity contribution >= 4 is 44.6 Å². The van der Waals surface area contributed by atoms with Crippen LogP contribution in [0.4, 0.5) is 17.1 Å². The molecule has 2 aliphatic rings. The van der Waals surface area contributed by atoms with E-state index in [1.54, 1.807) is 18.0 Å². The van der Waals surface area contributed by atoms with Gasteiger partial charge in [0.15, 0.2) is 0 Å². The molecular formula is C20H23ClN4O3S. The predicted molar refractivity (Wildman–Crippen MR) is 115 cm³/mol. The molecule has 1 N–H and O–H groups in total. The number of pyridine rings is 1. The standard InChI is InChI=1S/C20H23ClN4O3S/c1-24-11-16-19(20(24)26)15(10-18(21)23-16)22-14-8-7-13(12-5-4-6-12)9-17(14)25(2)29(3,27)28/h7-10,12H,4-6,11H2,1-3H3,(H,22,23). The van der Waals surface area contributed by atoms with E-state index in [2.05, 4.69) is 10.3 Å². The van der Waals surface area contributed by atoms with Gasteiger partial charge >= 0.3 is 0 Å². The van der Waals surface area contributed by atoms with Gasteiger partial charge in [0.05, 0.1) is 41.1 Å². The van der Waals surface area contributed by atoms with Crippen LogP contribution in [0.1, 0.15) is 46.8 Å². The summed E-state index contributed by atoms with van der Waals surface area (Å²) >= 11 is 6.17. The maximum absolute atomic E-state index is 12.6. The van der Waals surface area contributed by atoms with Crippen molar-refractivity contribution < 1.29 is 13.2 Å². The molecule has 1 fully saturated rings. The lowest BCUT2D eigenvalue weighted by molar-refractivity contribution is 0.0817. The van der Waals surface area contributed by atoms with Crippen molar-refractivity contribution in [3.63, 3.8) is 0 Å². The third-order valence-electron chi connectivity index (χ3n) is 5.72. The van der Waals surface area contributed by atoms with Gasteiger partial charge in [-0.15, -0.1) is 0 Å². The van der Waals surface area contributed by atoms with Gasteiger partial charge in [-0.1, -0.05) is 24.1 Å². The van der Waals surface area contributed by atoms with Crippen molar-refractivity contribution in [2.24, 2.45) is 0 Å². The first-order chi connectivity index (χ1) is 13.6. The zero-order chi connectivity index (χ0) is 20.9. The highest BCUT2D eigenvalue weighted by Gasteiger charge is 2.30. The molecule has 0 radical (unpaired) electrons. The molecule has 1 saturated carbocycles. The monoisotopic (exact) mass is 434 g/mol. The maximum Gasteiger partial charge on any atom is 0.257 e. The van der Waals surface area contributed by atoms with Crippen LogP contribution in [0.15, 0.2) is 24.3 Å². The van der Waals surface area contributed by atoms with Crippen LogP contribution in [-0.4, -0.2) is 44.6 Å². The lowest BCUT2D eigenvalue weighted by atomic mass is 9.80. The van der Waals surface area contributed by atoms with E-state index in [1.165, 1.54) is 24.0 Å². The van der Waals surface area contributed by atoms with Gasteiger partial charge in [0.1, 0.15) is 5.15 Å². The zero-order valence-corrected chi connectivity index (χ0v) is 18.1. The van der Waals surface area contributed by atoms with Gasteiger partial charge < -0.3 is 10.2 Å². The molecule has 0 atom stereocenters. The number of benzene rings is 1. The van der Waals surface area contributed by atoms with E-state index in [1.807, 2.05) is 18.2 Å². The second-order valence-corrected chi connectivity index (χ2v) is 10.1. The van der Waals surface area contributed by atoms with Crippen molar-refractivity contribution in [3.8, 4) is 0 Å². The quantitative estimate of drug-likeness (QED) is 0.725. The number of amides is 1. The Kier molecular flexibility index (Phi) is 4.94. The summed E-state index contributed by atoms with van der Waals surface area (Å²) in [5, 5.41) is 3.52. The summed E-state index contributed by atoms with van der Waals surface area (Å²) in [5.41, 5.74) is 3.85. The molecule has 0 spiro atoms. The number of sulfonamides is 1. The van der Waals surface area contributed by atoms with Crippen LogP contribution in [0, 0.1) is 0 Å². The molecule has 0 bridgehead atoms. The van der Waals surface area contributed by atoms with Crippen LogP contribution >= 0.6 is 11.6 Å². The molecule has 1 aliphatic carbocycles. The average molecular weight is 435 g/mol. The highest BCUT2D eigenvalue weighted by molar-refractivity contribution is 7.92. The Balaban J connectivity index is 1.79. The Morgan fingerprint density at radius 1 is 1.24 bits per heavy atom. The van der Waals surface area contributed by atoms with Crippen LogP contribution in [0.2, 0.25) is 5.15 Å². The van der Waals surface area contributed by atoms with E-state index in [-0.39, 0.29) is 11.1 Å². The van der Waals surface area contributed by atoms with E-state index in [9.17, 15) is 13.2 Å². The largest absolute Gasteiger partial charge is 0.353 e. The highest BCUT2D eigenvalue weighted by Crippen LogP contribution is 2.41. The minimum absolute atomic E-state index is 0.143. The number of carbonyl (C=O) groups excluding carboxylic acids is 1. The maximum atomic E-state index is 12.6. The number of hydrogen-bond acceptors (Lipinski definition) is 5. The van der Waals surface area contributed by atoms with E-state index in [4.69, 9.17) is 11.6 Å². The Hall–Kier alpha value is -2.32. The number of nitrogens with zero attached hydrogens (tertiary/aromatic N) is 3. The fraction of sp³-hybridized carbons (Fsp3) is 0.400. The lowest BCUT2D eigenvalue weighted by Crippen LogP contribution is -2.26. The first kappa shape index (κ1) is 20.0. The highest BCUT2D eigenvalue weighted by atomic mass is 35.5. The molecule has 1 aromatic carbocycles. The van der Waals surface area contributed by atoms with Crippen LogP contribution in [0.5, 0.6) is 0 Å². The van der Waals surface area contributed by atoms with E-state index < -0.39 is 10.0 Å². The van der Waals surface area contributed by atoms with E-state index in [0.717, 1.165) is 18.4 Å². The summed E-state index contributed by atoms with van der Waals surface area (Å²) in [6.07, 6.45) is 4.59. The fourth-order valence-electron chi connectivity index (χ4n) is 3.74. The van der Waals surface area contributed by atoms with E-state index >= 15 is 0 Å². The third kappa shape index (κ3) is 3.67. The average Bonchev–Trinajstić information content (AvgIpc) is 2.87. The molecule has 0 saturated heterocycles. The molecule has 9 heteroatoms. The first-order valence-electron chi connectivity index (χ1n) is 9.45. The number of halogens is 1. The first-order valence-corrected chi connectivity index (χ1v) is 11.7. The van der Waals surface area contributed by atoms with Gasteiger partial charge in [0, 0.05) is 14.1 Å². The van der Waals surface area contributed by atoms with Crippen LogP contribution in [0.25, 0.3) is 0 Å². The number of aromatic nitrogens is 1. The summed E-state index contributed by atoms with van der Waals surface area (Å²) < 4.78 is 25.7. The molecule has 7 nitrogen and oxygen atoms in total. The second-order valence-electron chi connectivity index (χ2n) is 7.74. The van der Waals surface area contributed by atoms with Crippen LogP contribution < -0.4 is 9.62 Å². The van der Waals surface area contributed by atoms with Crippen molar-refractivity contribution in [1.29, 1.82) is 0 Å². The molecule has 0 unspecified atom stereocenters. The van der Waals surface area contributed by atoms with Gasteiger partial charge in [-0.05, 0) is 42.5 Å². The molecule has 154 valence electrons. The fourth-order valence-corrected chi connectivity index (χ4v) is 4.46. The molecule has 1 amide bonds. The number of carbonyl (C=O) groups is 1. The van der Waals surface area contributed by atoms with Gasteiger partial charge in [-0.25, -0.2) is 13.4 Å². The number of anilines is 3. The Morgan fingerprint density at radius 3 is 2.59 bits per heavy atom. The normalized spacial score (nSPS) is 16.6. The van der Waals surface area contributed by atoms with Gasteiger partial charge in [-0.2, -0.15) is 0 Å². The SMILES string of the molecule is CN1Cc2nc(Cl)cc(Nc3ccc(C4CCC4)cc3N(C)S(C)(=O)=O)c2C1=O. The second kappa shape index (κ2) is 7.18. The summed E-state index contributed by atoms with van der Waals surface area (Å²) in [6.45, 7) is 0.389. The van der Waals surface area contributed by atoms with Crippen molar-refractivity contribution in [2.45, 2.75) is 31.7 Å². The Morgan fingerprint density at radius 2 is 1.97 bits per heavy atom. The van der Waals surface area contributed by atoms with Gasteiger partial charge in [-0.3, -0.25) is 9.10 Å². The topological polar surface area (TPSA) is 82.6 Å². The third-order valence-corrected chi connectivity index (χ3v) is 7.10. The Bertz CT molecular complexity index is 1100. The van der Waals surface area contributed by atoms with Crippen LogP contribution in [0.3, 0.4) is 0 Å². The summed E-state index contributed by atoms with van der Waals surface area (Å²) in [7, 11) is -0.224. The number of rotatable bonds is 5. The minimum Gasteiger partial charge on any atom is -0.353 e. The van der Waals surface area contributed by atoms with Gasteiger partial charge in [0.2, 0.25) is 10.0 Å². The van der Waals surface area contributed by atoms with Crippen LogP contribution in [-0.2, 0) is 16.6 Å². The molecule has 1 aromatic heterocycles. The lowest BCUT2D eigenvalue weighted by Gasteiger charge is -2.28. The summed E-state index contributed by atoms with van der Waals surface area (Å²) in [4.78, 5) is 18.4. The van der Waals surface area contributed by atoms with Crippen molar-refractivity contribution in [3.05, 3.63) is 46.2 Å². The number of fused-ring (bicyclic) bond motifs is 1.